The molecule has 2 nitrogen and oxygen atoms in total. The third-order valence-corrected chi connectivity index (χ3v) is 2.40. The number of alkyl halides is 2. The molecule has 0 heterocycles. The van der Waals surface area contributed by atoms with Crippen molar-refractivity contribution >= 4 is 0 Å². The van der Waals surface area contributed by atoms with Gasteiger partial charge in [0.1, 0.15) is 0 Å². The van der Waals surface area contributed by atoms with E-state index in [9.17, 15) is 8.78 Å². The normalized spacial score (nSPS) is 11.4. The van der Waals surface area contributed by atoms with E-state index in [1.54, 1.807) is 12.1 Å². The Morgan fingerprint density at radius 3 is 2.75 bits per heavy atom. The first-order chi connectivity index (χ1) is 7.63. The van der Waals surface area contributed by atoms with Gasteiger partial charge >= 0.3 is 0 Å². The van der Waals surface area contributed by atoms with Crippen molar-refractivity contribution in [2.24, 2.45) is 0 Å². The molecule has 0 atom stereocenters. The highest BCUT2D eigenvalue weighted by molar-refractivity contribution is 5.24. The van der Waals surface area contributed by atoms with Crippen LogP contribution in [0, 0.1) is 0 Å². The van der Waals surface area contributed by atoms with Gasteiger partial charge in [-0.2, -0.15) is 0 Å². The minimum atomic E-state index is -2.39. The van der Waals surface area contributed by atoms with Crippen LogP contribution in [-0.4, -0.2) is 32.1 Å². The van der Waals surface area contributed by atoms with Gasteiger partial charge in [0, 0.05) is 25.2 Å². The zero-order valence-corrected chi connectivity index (χ0v) is 9.71. The molecule has 1 aromatic carbocycles. The van der Waals surface area contributed by atoms with Crippen LogP contribution in [0.3, 0.4) is 0 Å². The maximum absolute atomic E-state index is 12.5. The van der Waals surface area contributed by atoms with Crippen LogP contribution in [-0.2, 0) is 6.54 Å². The third kappa shape index (κ3) is 4.24. The first kappa shape index (κ1) is 13.1. The fraction of sp³-hybridized carbons (Fsp3) is 0.500. The standard InChI is InChI=1S/C12H18F2N2/c1-15-6-7-16(2)9-10-4-3-5-11(8-10)12(13)14/h3-5,8,12,15H,6-7,9H2,1-2H3. The molecule has 0 amide bonds. The summed E-state index contributed by atoms with van der Waals surface area (Å²) in [4.78, 5) is 2.10. The Balaban J connectivity index is 2.56. The second kappa shape index (κ2) is 6.55. The zero-order valence-electron chi connectivity index (χ0n) is 9.71. The molecule has 1 N–H and O–H groups in total. The second-order valence-corrected chi connectivity index (χ2v) is 3.89. The van der Waals surface area contributed by atoms with Crippen molar-refractivity contribution in [3.05, 3.63) is 35.4 Å². The summed E-state index contributed by atoms with van der Waals surface area (Å²) in [5.74, 6) is 0. The Labute approximate surface area is 95.3 Å². The van der Waals surface area contributed by atoms with Gasteiger partial charge in [0.2, 0.25) is 0 Å². The predicted molar refractivity (Wildman–Crippen MR) is 61.7 cm³/mol. The van der Waals surface area contributed by atoms with E-state index in [1.165, 1.54) is 6.07 Å². The molecule has 0 aliphatic rings. The summed E-state index contributed by atoms with van der Waals surface area (Å²) in [6.45, 7) is 2.49. The molecular formula is C12H18F2N2. The molecule has 0 aromatic heterocycles. The van der Waals surface area contributed by atoms with Crippen molar-refractivity contribution in [1.29, 1.82) is 0 Å². The van der Waals surface area contributed by atoms with Crippen molar-refractivity contribution in [3.8, 4) is 0 Å². The third-order valence-electron chi connectivity index (χ3n) is 2.40. The predicted octanol–water partition coefficient (Wildman–Crippen LogP) is 2.28. The lowest BCUT2D eigenvalue weighted by atomic mass is 10.1. The van der Waals surface area contributed by atoms with Gasteiger partial charge in [0.15, 0.2) is 0 Å². The number of nitrogens with zero attached hydrogens (tertiary/aromatic N) is 1. The molecule has 0 aliphatic carbocycles. The average Bonchev–Trinajstić information content (AvgIpc) is 2.26. The van der Waals surface area contributed by atoms with Crippen LogP contribution in [0.5, 0.6) is 0 Å². The van der Waals surface area contributed by atoms with Crippen LogP contribution in [0.2, 0.25) is 0 Å². The highest BCUT2D eigenvalue weighted by atomic mass is 19.3. The molecule has 0 bridgehead atoms. The summed E-state index contributed by atoms with van der Waals surface area (Å²) < 4.78 is 24.9. The fourth-order valence-electron chi connectivity index (χ4n) is 1.52. The van der Waals surface area contributed by atoms with Gasteiger partial charge < -0.3 is 10.2 Å². The van der Waals surface area contributed by atoms with Crippen LogP contribution in [0.15, 0.2) is 24.3 Å². The molecule has 0 unspecified atom stereocenters. The SMILES string of the molecule is CNCCN(C)Cc1cccc(C(F)F)c1. The molecule has 0 radical (unpaired) electrons. The van der Waals surface area contributed by atoms with Gasteiger partial charge in [-0.3, -0.25) is 0 Å². The number of halogens is 2. The first-order valence-electron chi connectivity index (χ1n) is 5.33. The van der Waals surface area contributed by atoms with Crippen LogP contribution >= 0.6 is 0 Å². The zero-order chi connectivity index (χ0) is 12.0. The van der Waals surface area contributed by atoms with Gasteiger partial charge in [-0.1, -0.05) is 18.2 Å². The summed E-state index contributed by atoms with van der Waals surface area (Å²) >= 11 is 0. The minimum absolute atomic E-state index is 0.0968. The Hall–Kier alpha value is -1.00. The molecule has 90 valence electrons. The first-order valence-corrected chi connectivity index (χ1v) is 5.33. The minimum Gasteiger partial charge on any atom is -0.318 e. The lowest BCUT2D eigenvalue weighted by Crippen LogP contribution is -2.26. The van der Waals surface area contributed by atoms with Crippen molar-refractivity contribution in [1.82, 2.24) is 10.2 Å². The quantitative estimate of drug-likeness (QED) is 0.803. The number of hydrogen-bond acceptors (Lipinski definition) is 2. The van der Waals surface area contributed by atoms with E-state index in [-0.39, 0.29) is 5.56 Å². The summed E-state index contributed by atoms with van der Waals surface area (Å²) in [6.07, 6.45) is -2.39. The van der Waals surface area contributed by atoms with E-state index in [2.05, 4.69) is 10.2 Å². The van der Waals surface area contributed by atoms with Crippen LogP contribution in [0.1, 0.15) is 17.6 Å². The van der Waals surface area contributed by atoms with Crippen molar-refractivity contribution < 1.29 is 8.78 Å². The maximum atomic E-state index is 12.5. The largest absolute Gasteiger partial charge is 0.318 e. The van der Waals surface area contributed by atoms with E-state index in [4.69, 9.17) is 0 Å². The maximum Gasteiger partial charge on any atom is 0.263 e. The monoisotopic (exact) mass is 228 g/mol. The summed E-state index contributed by atoms with van der Waals surface area (Å²) in [5, 5.41) is 3.05. The van der Waals surface area contributed by atoms with Crippen molar-refractivity contribution in [2.75, 3.05) is 27.2 Å². The molecule has 16 heavy (non-hydrogen) atoms. The summed E-state index contributed by atoms with van der Waals surface area (Å²) in [5.41, 5.74) is 1.02. The molecule has 1 aromatic rings. The molecule has 4 heteroatoms. The van der Waals surface area contributed by atoms with Crippen LogP contribution < -0.4 is 5.32 Å². The Morgan fingerprint density at radius 2 is 2.12 bits per heavy atom. The fourth-order valence-corrected chi connectivity index (χ4v) is 1.52. The number of likely N-dealkylation sites (N-methyl/N-ethyl adjacent to an activating group) is 2. The Morgan fingerprint density at radius 1 is 1.38 bits per heavy atom. The van der Waals surface area contributed by atoms with Gasteiger partial charge in [0.05, 0.1) is 0 Å². The van der Waals surface area contributed by atoms with Gasteiger partial charge in [-0.05, 0) is 25.7 Å². The lowest BCUT2D eigenvalue weighted by Gasteiger charge is -2.16. The lowest BCUT2D eigenvalue weighted by molar-refractivity contribution is 0.151. The summed E-state index contributed by atoms with van der Waals surface area (Å²) in [7, 11) is 3.87. The van der Waals surface area contributed by atoms with E-state index < -0.39 is 6.43 Å². The van der Waals surface area contributed by atoms with E-state index in [0.29, 0.717) is 6.54 Å². The molecular weight excluding hydrogens is 210 g/mol. The molecule has 0 saturated carbocycles. The molecule has 1 rings (SSSR count). The topological polar surface area (TPSA) is 15.3 Å². The summed E-state index contributed by atoms with van der Waals surface area (Å²) in [6, 6.07) is 6.59. The Bertz CT molecular complexity index is 316. The van der Waals surface area contributed by atoms with Gasteiger partial charge in [0.25, 0.3) is 6.43 Å². The smallest absolute Gasteiger partial charge is 0.263 e. The average molecular weight is 228 g/mol. The second-order valence-electron chi connectivity index (χ2n) is 3.89. The van der Waals surface area contributed by atoms with Crippen molar-refractivity contribution in [2.45, 2.75) is 13.0 Å². The molecule has 0 spiro atoms. The van der Waals surface area contributed by atoms with Gasteiger partial charge in [-0.15, -0.1) is 0 Å². The Kier molecular flexibility index (Phi) is 5.35. The number of rotatable bonds is 6. The number of hydrogen-bond donors (Lipinski definition) is 1. The molecule has 0 aliphatic heterocycles. The number of benzene rings is 1. The van der Waals surface area contributed by atoms with E-state index in [1.807, 2.05) is 20.2 Å². The van der Waals surface area contributed by atoms with Crippen molar-refractivity contribution in [3.63, 3.8) is 0 Å². The van der Waals surface area contributed by atoms with E-state index >= 15 is 0 Å². The highest BCUT2D eigenvalue weighted by Gasteiger charge is 2.07. The van der Waals surface area contributed by atoms with Gasteiger partial charge in [-0.25, -0.2) is 8.78 Å². The van der Waals surface area contributed by atoms with Crippen LogP contribution in [0.4, 0.5) is 8.78 Å². The molecule has 0 saturated heterocycles. The highest BCUT2D eigenvalue weighted by Crippen LogP contribution is 2.19. The van der Waals surface area contributed by atoms with Crippen LogP contribution in [0.25, 0.3) is 0 Å². The molecule has 0 fully saturated rings. The number of nitrogens with one attached hydrogen (secondary N) is 1. The van der Waals surface area contributed by atoms with E-state index in [0.717, 1.165) is 18.7 Å².